The fourth-order valence-corrected chi connectivity index (χ4v) is 2.30. The number of hydrogen-bond donors (Lipinski definition) is 0. The summed E-state index contributed by atoms with van der Waals surface area (Å²) >= 11 is 0. The summed E-state index contributed by atoms with van der Waals surface area (Å²) in [5.41, 5.74) is 4.63. The van der Waals surface area contributed by atoms with E-state index in [2.05, 4.69) is 52.8 Å². The first-order valence-electron chi connectivity index (χ1n) is 6.48. The Hall–Kier alpha value is -0.780. The van der Waals surface area contributed by atoms with Crippen molar-refractivity contribution in [3.8, 4) is 0 Å². The van der Waals surface area contributed by atoms with Crippen LogP contribution in [0.2, 0.25) is 0 Å². The summed E-state index contributed by atoms with van der Waals surface area (Å²) in [5, 5.41) is 0. The second-order valence-corrected chi connectivity index (χ2v) is 5.18. The maximum absolute atomic E-state index is 3.95. The van der Waals surface area contributed by atoms with Crippen LogP contribution in [0.3, 0.4) is 0 Å². The van der Waals surface area contributed by atoms with Crippen molar-refractivity contribution < 1.29 is 0 Å². The monoisotopic (exact) mass is 217 g/mol. The van der Waals surface area contributed by atoms with Gasteiger partial charge in [0.05, 0.1) is 0 Å². The molecule has 1 rings (SSSR count). The highest BCUT2D eigenvalue weighted by molar-refractivity contribution is 5.39. The zero-order chi connectivity index (χ0) is 12.1. The first-order chi connectivity index (χ1) is 7.57. The van der Waals surface area contributed by atoms with Crippen molar-refractivity contribution in [2.75, 3.05) is 0 Å². The summed E-state index contributed by atoms with van der Waals surface area (Å²) in [7, 11) is 0. The standard InChI is InChI=1S/C16H25/c1-6-7-9-16-14(12(2)3)10-8-11-15(16)13(4)5/h8,10-13H,1,6-7,9H2,2-5H3. The molecule has 0 saturated carbocycles. The van der Waals surface area contributed by atoms with Crippen molar-refractivity contribution in [1.82, 2.24) is 0 Å². The van der Waals surface area contributed by atoms with Gasteiger partial charge >= 0.3 is 0 Å². The minimum Gasteiger partial charge on any atom is -0.0617 e. The quantitative estimate of drug-likeness (QED) is 0.644. The normalized spacial score (nSPS) is 11.4. The average molecular weight is 217 g/mol. The van der Waals surface area contributed by atoms with Gasteiger partial charge in [-0.25, -0.2) is 0 Å². The molecule has 0 bridgehead atoms. The van der Waals surface area contributed by atoms with Gasteiger partial charge in [-0.2, -0.15) is 0 Å². The molecule has 0 atom stereocenters. The van der Waals surface area contributed by atoms with Gasteiger partial charge in [0.15, 0.2) is 0 Å². The lowest BCUT2D eigenvalue weighted by Crippen LogP contribution is -2.03. The Morgan fingerprint density at radius 2 is 1.50 bits per heavy atom. The van der Waals surface area contributed by atoms with E-state index in [0.717, 1.165) is 6.42 Å². The van der Waals surface area contributed by atoms with Gasteiger partial charge in [-0.05, 0) is 41.4 Å². The Labute approximate surface area is 101 Å². The number of unbranched alkanes of at least 4 members (excludes halogenated alkanes) is 1. The lowest BCUT2D eigenvalue weighted by molar-refractivity contribution is 0.758. The molecule has 1 aromatic rings. The summed E-state index contributed by atoms with van der Waals surface area (Å²) in [6.45, 7) is 13.1. The number of benzene rings is 1. The highest BCUT2D eigenvalue weighted by Crippen LogP contribution is 2.28. The van der Waals surface area contributed by atoms with E-state index < -0.39 is 0 Å². The van der Waals surface area contributed by atoms with Crippen molar-refractivity contribution in [2.45, 2.75) is 58.8 Å². The third-order valence-corrected chi connectivity index (χ3v) is 3.17. The molecule has 1 aromatic carbocycles. The number of rotatable bonds is 5. The third kappa shape index (κ3) is 3.10. The van der Waals surface area contributed by atoms with Gasteiger partial charge in [0.2, 0.25) is 0 Å². The predicted molar refractivity (Wildman–Crippen MR) is 72.9 cm³/mol. The molecular weight excluding hydrogens is 192 g/mol. The maximum atomic E-state index is 3.95. The second kappa shape index (κ2) is 6.08. The van der Waals surface area contributed by atoms with Gasteiger partial charge in [-0.1, -0.05) is 59.2 Å². The molecule has 0 aromatic heterocycles. The molecule has 0 fully saturated rings. The van der Waals surface area contributed by atoms with Crippen molar-refractivity contribution in [3.05, 3.63) is 41.8 Å². The topological polar surface area (TPSA) is 0 Å². The van der Waals surface area contributed by atoms with E-state index in [1.165, 1.54) is 24.0 Å². The van der Waals surface area contributed by atoms with Gasteiger partial charge < -0.3 is 0 Å². The van der Waals surface area contributed by atoms with Crippen molar-refractivity contribution in [3.63, 3.8) is 0 Å². The van der Waals surface area contributed by atoms with E-state index in [1.807, 2.05) is 0 Å². The summed E-state index contributed by atoms with van der Waals surface area (Å²) in [4.78, 5) is 0. The first-order valence-corrected chi connectivity index (χ1v) is 6.48. The lowest BCUT2D eigenvalue weighted by atomic mass is 9.86. The molecule has 0 saturated heterocycles. The number of hydrogen-bond acceptors (Lipinski definition) is 0. The Morgan fingerprint density at radius 3 is 1.88 bits per heavy atom. The van der Waals surface area contributed by atoms with Crippen LogP contribution in [0.25, 0.3) is 0 Å². The molecule has 1 radical (unpaired) electrons. The molecule has 0 unspecified atom stereocenters. The van der Waals surface area contributed by atoms with E-state index in [1.54, 1.807) is 5.56 Å². The molecule has 0 amide bonds. The van der Waals surface area contributed by atoms with E-state index in [-0.39, 0.29) is 0 Å². The molecule has 0 aliphatic rings. The lowest BCUT2D eigenvalue weighted by Gasteiger charge is -2.19. The Morgan fingerprint density at radius 1 is 1.00 bits per heavy atom. The minimum absolute atomic E-state index is 0.624. The average Bonchev–Trinajstić information content (AvgIpc) is 2.25. The van der Waals surface area contributed by atoms with Crippen LogP contribution >= 0.6 is 0 Å². The molecule has 0 heteroatoms. The molecule has 0 aliphatic carbocycles. The van der Waals surface area contributed by atoms with Crippen LogP contribution in [-0.4, -0.2) is 0 Å². The van der Waals surface area contributed by atoms with Gasteiger partial charge in [-0.15, -0.1) is 0 Å². The van der Waals surface area contributed by atoms with Crippen LogP contribution in [0, 0.1) is 6.92 Å². The van der Waals surface area contributed by atoms with Gasteiger partial charge in [0, 0.05) is 0 Å². The van der Waals surface area contributed by atoms with E-state index in [0.29, 0.717) is 11.8 Å². The molecule has 89 valence electrons. The van der Waals surface area contributed by atoms with Crippen molar-refractivity contribution in [1.29, 1.82) is 0 Å². The van der Waals surface area contributed by atoms with Gasteiger partial charge in [0.1, 0.15) is 0 Å². The third-order valence-electron chi connectivity index (χ3n) is 3.17. The summed E-state index contributed by atoms with van der Waals surface area (Å²) < 4.78 is 0. The SMILES string of the molecule is [CH2]CCCc1c(C(C)C)cccc1C(C)C. The zero-order valence-corrected chi connectivity index (χ0v) is 11.2. The summed E-state index contributed by atoms with van der Waals surface area (Å²) in [5.74, 6) is 1.25. The smallest absolute Gasteiger partial charge is 0.0216 e. The fraction of sp³-hybridized carbons (Fsp3) is 0.562. The summed E-state index contributed by atoms with van der Waals surface area (Å²) in [6.07, 6.45) is 3.42. The molecule has 0 nitrogen and oxygen atoms in total. The van der Waals surface area contributed by atoms with E-state index in [9.17, 15) is 0 Å². The highest BCUT2D eigenvalue weighted by atomic mass is 14.2. The fourth-order valence-electron chi connectivity index (χ4n) is 2.30. The first kappa shape index (κ1) is 13.3. The van der Waals surface area contributed by atoms with Crippen LogP contribution in [0.1, 0.15) is 69.1 Å². The largest absolute Gasteiger partial charge is 0.0617 e. The molecule has 16 heavy (non-hydrogen) atoms. The van der Waals surface area contributed by atoms with Crippen molar-refractivity contribution >= 4 is 0 Å². The second-order valence-electron chi connectivity index (χ2n) is 5.18. The Balaban J connectivity index is 3.12. The van der Waals surface area contributed by atoms with E-state index in [4.69, 9.17) is 0 Å². The van der Waals surface area contributed by atoms with Crippen LogP contribution < -0.4 is 0 Å². The van der Waals surface area contributed by atoms with Crippen LogP contribution in [0.4, 0.5) is 0 Å². The Kier molecular flexibility index (Phi) is 5.05. The minimum atomic E-state index is 0.624. The van der Waals surface area contributed by atoms with Gasteiger partial charge in [-0.3, -0.25) is 0 Å². The highest BCUT2D eigenvalue weighted by Gasteiger charge is 2.12. The van der Waals surface area contributed by atoms with E-state index >= 15 is 0 Å². The maximum Gasteiger partial charge on any atom is -0.0216 e. The van der Waals surface area contributed by atoms with Crippen molar-refractivity contribution in [2.24, 2.45) is 0 Å². The van der Waals surface area contributed by atoms with Crippen LogP contribution in [0.15, 0.2) is 18.2 Å². The molecule has 0 aliphatic heterocycles. The molecular formula is C16H25. The molecule has 0 spiro atoms. The van der Waals surface area contributed by atoms with Crippen LogP contribution in [0.5, 0.6) is 0 Å². The van der Waals surface area contributed by atoms with Gasteiger partial charge in [0.25, 0.3) is 0 Å². The van der Waals surface area contributed by atoms with Crippen LogP contribution in [-0.2, 0) is 6.42 Å². The Bertz CT molecular complexity index is 295. The predicted octanol–water partition coefficient (Wildman–Crippen LogP) is 5.09. The summed E-state index contributed by atoms with van der Waals surface area (Å²) in [6, 6.07) is 6.78. The molecule has 0 N–H and O–H groups in total. The zero-order valence-electron chi connectivity index (χ0n) is 11.2. The molecule has 0 heterocycles.